The second-order valence-corrected chi connectivity index (χ2v) is 3.37. The molecule has 0 saturated heterocycles. The predicted octanol–water partition coefficient (Wildman–Crippen LogP) is 2.74. The molecule has 63 valence electrons. The molecule has 0 saturated carbocycles. The standard InChI is InChI=1S/C11H14N/c1-3-11-10-7-5-4-6-9(10)8-12(11)2/h4-7,11H,2-3,8H2,1H3. The molecule has 1 aromatic carbocycles. The molecular formula is C11H14N. The molecule has 1 aromatic rings. The Balaban J connectivity index is 2.40. The molecule has 0 bridgehead atoms. The SMILES string of the molecule is [CH2]N1Cc2ccccc2C1CC. The Morgan fingerprint density at radius 1 is 1.50 bits per heavy atom. The van der Waals surface area contributed by atoms with Gasteiger partial charge in [-0.3, -0.25) is 4.90 Å². The average molecular weight is 160 g/mol. The Kier molecular flexibility index (Phi) is 1.89. The first kappa shape index (κ1) is 7.81. The fraction of sp³-hybridized carbons (Fsp3) is 0.364. The smallest absolute Gasteiger partial charge is 0.0352 e. The van der Waals surface area contributed by atoms with Crippen LogP contribution >= 0.6 is 0 Å². The van der Waals surface area contributed by atoms with Gasteiger partial charge in [0.1, 0.15) is 0 Å². The van der Waals surface area contributed by atoms with E-state index in [9.17, 15) is 0 Å². The van der Waals surface area contributed by atoms with Crippen molar-refractivity contribution < 1.29 is 0 Å². The van der Waals surface area contributed by atoms with Crippen LogP contribution in [0.1, 0.15) is 30.5 Å². The molecule has 1 heteroatoms. The summed E-state index contributed by atoms with van der Waals surface area (Å²) in [6, 6.07) is 9.17. The monoisotopic (exact) mass is 160 g/mol. The Morgan fingerprint density at radius 3 is 3.00 bits per heavy atom. The van der Waals surface area contributed by atoms with E-state index in [1.165, 1.54) is 11.1 Å². The van der Waals surface area contributed by atoms with E-state index < -0.39 is 0 Å². The summed E-state index contributed by atoms with van der Waals surface area (Å²) in [5.74, 6) is 0. The summed E-state index contributed by atoms with van der Waals surface area (Å²) < 4.78 is 0. The summed E-state index contributed by atoms with van der Waals surface area (Å²) in [5.41, 5.74) is 2.91. The normalized spacial score (nSPS) is 22.7. The largest absolute Gasteiger partial charge is 0.291 e. The molecule has 1 heterocycles. The van der Waals surface area contributed by atoms with Crippen molar-refractivity contribution in [1.29, 1.82) is 0 Å². The van der Waals surface area contributed by atoms with Gasteiger partial charge in [0.25, 0.3) is 0 Å². The molecule has 2 rings (SSSR count). The van der Waals surface area contributed by atoms with Crippen LogP contribution in [0.4, 0.5) is 0 Å². The molecule has 1 nitrogen and oxygen atoms in total. The van der Waals surface area contributed by atoms with E-state index in [1.54, 1.807) is 0 Å². The van der Waals surface area contributed by atoms with E-state index in [4.69, 9.17) is 0 Å². The maximum atomic E-state index is 4.04. The predicted molar refractivity (Wildman–Crippen MR) is 50.4 cm³/mol. The third-order valence-electron chi connectivity index (χ3n) is 2.61. The summed E-state index contributed by atoms with van der Waals surface area (Å²) >= 11 is 0. The minimum atomic E-state index is 0.543. The van der Waals surface area contributed by atoms with Gasteiger partial charge in [0.05, 0.1) is 0 Å². The first-order chi connectivity index (χ1) is 5.83. The molecular weight excluding hydrogens is 146 g/mol. The second kappa shape index (κ2) is 2.91. The van der Waals surface area contributed by atoms with Crippen LogP contribution in [0.3, 0.4) is 0 Å². The van der Waals surface area contributed by atoms with Crippen LogP contribution in [0.25, 0.3) is 0 Å². The van der Waals surface area contributed by atoms with Crippen molar-refractivity contribution in [1.82, 2.24) is 4.90 Å². The number of nitrogens with zero attached hydrogens (tertiary/aromatic N) is 1. The van der Waals surface area contributed by atoms with Gasteiger partial charge in [-0.2, -0.15) is 0 Å². The summed E-state index contributed by atoms with van der Waals surface area (Å²) in [7, 11) is 4.04. The Labute approximate surface area is 74.0 Å². The zero-order valence-electron chi connectivity index (χ0n) is 7.46. The van der Waals surface area contributed by atoms with Gasteiger partial charge in [-0.1, -0.05) is 31.2 Å². The van der Waals surface area contributed by atoms with Gasteiger partial charge in [0, 0.05) is 19.6 Å². The highest BCUT2D eigenvalue weighted by Gasteiger charge is 2.24. The van der Waals surface area contributed by atoms with Crippen LogP contribution in [-0.2, 0) is 6.54 Å². The lowest BCUT2D eigenvalue weighted by Crippen LogP contribution is -2.12. The highest BCUT2D eigenvalue weighted by molar-refractivity contribution is 5.33. The van der Waals surface area contributed by atoms with Crippen molar-refractivity contribution >= 4 is 0 Å². The van der Waals surface area contributed by atoms with E-state index in [0.29, 0.717) is 6.04 Å². The number of fused-ring (bicyclic) bond motifs is 1. The molecule has 0 aromatic heterocycles. The van der Waals surface area contributed by atoms with E-state index in [2.05, 4.69) is 43.1 Å². The third-order valence-corrected chi connectivity index (χ3v) is 2.61. The molecule has 0 spiro atoms. The van der Waals surface area contributed by atoms with Crippen LogP contribution in [0.2, 0.25) is 0 Å². The molecule has 1 aliphatic rings. The highest BCUT2D eigenvalue weighted by Crippen LogP contribution is 2.34. The van der Waals surface area contributed by atoms with Gasteiger partial charge < -0.3 is 0 Å². The zero-order chi connectivity index (χ0) is 8.55. The van der Waals surface area contributed by atoms with Gasteiger partial charge in [0.2, 0.25) is 0 Å². The Bertz CT molecular complexity index is 280. The highest BCUT2D eigenvalue weighted by atomic mass is 15.1. The van der Waals surface area contributed by atoms with Gasteiger partial charge in [-0.05, 0) is 17.5 Å². The first-order valence-corrected chi connectivity index (χ1v) is 4.48. The van der Waals surface area contributed by atoms with Crippen LogP contribution < -0.4 is 0 Å². The van der Waals surface area contributed by atoms with Gasteiger partial charge >= 0.3 is 0 Å². The molecule has 12 heavy (non-hydrogen) atoms. The van der Waals surface area contributed by atoms with E-state index in [-0.39, 0.29) is 0 Å². The van der Waals surface area contributed by atoms with Crippen LogP contribution in [-0.4, -0.2) is 4.90 Å². The maximum Gasteiger partial charge on any atom is 0.0352 e. The van der Waals surface area contributed by atoms with E-state index >= 15 is 0 Å². The average Bonchev–Trinajstić information content (AvgIpc) is 2.40. The topological polar surface area (TPSA) is 3.24 Å². The fourth-order valence-corrected chi connectivity index (χ4v) is 2.01. The summed E-state index contributed by atoms with van der Waals surface area (Å²) in [4.78, 5) is 2.17. The van der Waals surface area contributed by atoms with Gasteiger partial charge in [-0.15, -0.1) is 0 Å². The first-order valence-electron chi connectivity index (χ1n) is 4.48. The van der Waals surface area contributed by atoms with Crippen LogP contribution in [0.15, 0.2) is 24.3 Å². The molecule has 1 aliphatic heterocycles. The second-order valence-electron chi connectivity index (χ2n) is 3.37. The summed E-state index contributed by atoms with van der Waals surface area (Å²) in [5, 5.41) is 0. The third kappa shape index (κ3) is 1.05. The maximum absolute atomic E-state index is 4.04. The fourth-order valence-electron chi connectivity index (χ4n) is 2.01. The number of hydrogen-bond donors (Lipinski definition) is 0. The van der Waals surface area contributed by atoms with Crippen molar-refractivity contribution in [3.05, 3.63) is 42.4 Å². The lowest BCUT2D eigenvalue weighted by molar-refractivity contribution is 0.294. The minimum absolute atomic E-state index is 0.543. The molecule has 0 amide bonds. The lowest BCUT2D eigenvalue weighted by Gasteiger charge is -2.17. The van der Waals surface area contributed by atoms with E-state index in [1.807, 2.05) is 0 Å². The van der Waals surface area contributed by atoms with Crippen LogP contribution in [0, 0.1) is 7.05 Å². The summed E-state index contributed by atoms with van der Waals surface area (Å²) in [6.07, 6.45) is 1.15. The quantitative estimate of drug-likeness (QED) is 0.610. The summed E-state index contributed by atoms with van der Waals surface area (Å²) in [6.45, 7) is 3.22. The number of benzene rings is 1. The Morgan fingerprint density at radius 2 is 2.25 bits per heavy atom. The number of rotatable bonds is 1. The number of hydrogen-bond acceptors (Lipinski definition) is 1. The van der Waals surface area contributed by atoms with E-state index in [0.717, 1.165) is 13.0 Å². The van der Waals surface area contributed by atoms with Gasteiger partial charge in [-0.25, -0.2) is 0 Å². The molecule has 0 N–H and O–H groups in total. The van der Waals surface area contributed by atoms with Crippen molar-refractivity contribution in [3.63, 3.8) is 0 Å². The molecule has 1 unspecified atom stereocenters. The van der Waals surface area contributed by atoms with Crippen molar-refractivity contribution in [2.45, 2.75) is 25.9 Å². The van der Waals surface area contributed by atoms with Crippen LogP contribution in [0.5, 0.6) is 0 Å². The molecule has 1 radical (unpaired) electrons. The molecule has 0 aliphatic carbocycles. The molecule has 1 atom stereocenters. The molecule has 0 fully saturated rings. The minimum Gasteiger partial charge on any atom is -0.291 e. The van der Waals surface area contributed by atoms with Crippen molar-refractivity contribution in [3.8, 4) is 0 Å². The van der Waals surface area contributed by atoms with Crippen molar-refractivity contribution in [2.24, 2.45) is 0 Å². The van der Waals surface area contributed by atoms with Gasteiger partial charge in [0.15, 0.2) is 0 Å². The zero-order valence-corrected chi connectivity index (χ0v) is 7.46. The Hall–Kier alpha value is -0.820. The lowest BCUT2D eigenvalue weighted by atomic mass is 10.0. The van der Waals surface area contributed by atoms with Crippen molar-refractivity contribution in [2.75, 3.05) is 0 Å².